The lowest BCUT2D eigenvalue weighted by Crippen LogP contribution is -2.38. The molecule has 1 saturated heterocycles. The van der Waals surface area contributed by atoms with Gasteiger partial charge in [0, 0.05) is 19.3 Å². The first kappa shape index (κ1) is 21.3. The van der Waals surface area contributed by atoms with E-state index in [1.54, 1.807) is 6.92 Å². The molecule has 29 heavy (non-hydrogen) atoms. The van der Waals surface area contributed by atoms with Crippen LogP contribution in [-0.4, -0.2) is 51.8 Å². The van der Waals surface area contributed by atoms with Gasteiger partial charge in [-0.2, -0.15) is 18.3 Å². The molecule has 0 spiro atoms. The largest absolute Gasteiger partial charge is 0.417 e. The number of likely N-dealkylation sites (tertiary alicyclic amines) is 1. The van der Waals surface area contributed by atoms with E-state index in [1.807, 2.05) is 0 Å². The molecular weight excluding hydrogens is 383 g/mol. The van der Waals surface area contributed by atoms with Gasteiger partial charge < -0.3 is 10.2 Å². The summed E-state index contributed by atoms with van der Waals surface area (Å²) in [5, 5.41) is 7.06. The second-order valence-corrected chi connectivity index (χ2v) is 7.63. The zero-order valence-electron chi connectivity index (χ0n) is 16.7. The summed E-state index contributed by atoms with van der Waals surface area (Å²) in [6.07, 6.45) is 1.49. The molecule has 1 fully saturated rings. The molecule has 1 aliphatic heterocycles. The van der Waals surface area contributed by atoms with Crippen molar-refractivity contribution in [2.24, 2.45) is 5.92 Å². The molecule has 2 aromatic rings. The molecule has 1 N–H and O–H groups in total. The lowest BCUT2D eigenvalue weighted by Gasteiger charge is -2.29. The van der Waals surface area contributed by atoms with Crippen molar-refractivity contribution >= 4 is 5.91 Å². The van der Waals surface area contributed by atoms with Gasteiger partial charge in [-0.05, 0) is 50.9 Å². The van der Waals surface area contributed by atoms with Gasteiger partial charge in [0.15, 0.2) is 5.82 Å². The fourth-order valence-corrected chi connectivity index (χ4v) is 3.55. The Labute approximate surface area is 168 Å². The Morgan fingerprint density at radius 1 is 1.21 bits per heavy atom. The first-order valence-corrected chi connectivity index (χ1v) is 9.84. The Morgan fingerprint density at radius 2 is 1.93 bits per heavy atom. The molecule has 6 nitrogen and oxygen atoms in total. The molecule has 2 aromatic heterocycles. The molecule has 1 atom stereocenters. The highest BCUT2D eigenvalue weighted by atomic mass is 19.4. The molecular formula is C20H26F3N5O. The van der Waals surface area contributed by atoms with Crippen molar-refractivity contribution < 1.29 is 18.0 Å². The van der Waals surface area contributed by atoms with Gasteiger partial charge in [0.25, 0.3) is 5.91 Å². The van der Waals surface area contributed by atoms with Gasteiger partial charge in [-0.15, -0.1) is 0 Å². The van der Waals surface area contributed by atoms with E-state index >= 15 is 0 Å². The number of nitrogens with zero attached hydrogens (tertiary/aromatic N) is 4. The maximum Gasteiger partial charge on any atom is 0.417 e. The van der Waals surface area contributed by atoms with Gasteiger partial charge >= 0.3 is 6.18 Å². The summed E-state index contributed by atoms with van der Waals surface area (Å²) < 4.78 is 39.4. The Bertz CT molecular complexity index is 826. The van der Waals surface area contributed by atoms with Gasteiger partial charge in [-0.25, -0.2) is 9.67 Å². The van der Waals surface area contributed by atoms with E-state index in [2.05, 4.69) is 27.2 Å². The Hall–Kier alpha value is -2.42. The number of carbonyl (C=O) groups excluding carboxylic acids is 1. The normalized spacial score (nSPS) is 16.6. The highest BCUT2D eigenvalue weighted by Crippen LogP contribution is 2.28. The van der Waals surface area contributed by atoms with Crippen molar-refractivity contribution in [2.45, 2.75) is 39.3 Å². The number of nitrogens with one attached hydrogen (secondary N) is 1. The number of alkyl halides is 3. The van der Waals surface area contributed by atoms with Gasteiger partial charge in [-0.3, -0.25) is 4.79 Å². The van der Waals surface area contributed by atoms with Crippen molar-refractivity contribution in [3.63, 3.8) is 0 Å². The Balaban J connectivity index is 1.60. The molecule has 0 bridgehead atoms. The topological polar surface area (TPSA) is 63.1 Å². The van der Waals surface area contributed by atoms with Crippen LogP contribution in [0.2, 0.25) is 0 Å². The molecule has 1 unspecified atom stereocenters. The Kier molecular flexibility index (Phi) is 6.56. The van der Waals surface area contributed by atoms with Crippen LogP contribution >= 0.6 is 0 Å². The molecule has 158 valence electrons. The van der Waals surface area contributed by atoms with E-state index in [4.69, 9.17) is 0 Å². The first-order valence-electron chi connectivity index (χ1n) is 9.84. The third kappa shape index (κ3) is 5.35. The second kappa shape index (κ2) is 8.94. The molecule has 9 heteroatoms. The molecule has 0 aromatic carbocycles. The van der Waals surface area contributed by atoms with Crippen LogP contribution in [-0.2, 0) is 6.18 Å². The molecule has 1 amide bonds. The van der Waals surface area contributed by atoms with E-state index in [-0.39, 0.29) is 11.7 Å². The SMILES string of the molecule is Cc1c(C(=O)NCC(C)CN2CCCCC2)cnn1-c1ccc(C(F)(F)F)cn1. The number of rotatable bonds is 6. The molecule has 0 aliphatic carbocycles. The van der Waals surface area contributed by atoms with Crippen molar-refractivity contribution in [3.05, 3.63) is 41.3 Å². The van der Waals surface area contributed by atoms with Gasteiger partial charge in [0.05, 0.1) is 23.0 Å². The van der Waals surface area contributed by atoms with Crippen LogP contribution in [0, 0.1) is 12.8 Å². The zero-order valence-corrected chi connectivity index (χ0v) is 16.7. The average molecular weight is 409 g/mol. The summed E-state index contributed by atoms with van der Waals surface area (Å²) >= 11 is 0. The number of piperidine rings is 1. The van der Waals surface area contributed by atoms with Gasteiger partial charge in [-0.1, -0.05) is 13.3 Å². The van der Waals surface area contributed by atoms with Crippen molar-refractivity contribution in [3.8, 4) is 5.82 Å². The number of aromatic nitrogens is 3. The summed E-state index contributed by atoms with van der Waals surface area (Å²) in [6, 6.07) is 2.19. The predicted molar refractivity (Wildman–Crippen MR) is 103 cm³/mol. The minimum absolute atomic E-state index is 0.230. The number of hydrogen-bond donors (Lipinski definition) is 1. The van der Waals surface area contributed by atoms with Crippen LogP contribution in [0.25, 0.3) is 5.82 Å². The summed E-state index contributed by atoms with van der Waals surface area (Å²) in [4.78, 5) is 18.8. The van der Waals surface area contributed by atoms with E-state index in [0.29, 0.717) is 23.7 Å². The van der Waals surface area contributed by atoms with Crippen LogP contribution in [0.5, 0.6) is 0 Å². The smallest absolute Gasteiger partial charge is 0.352 e. The number of amides is 1. The third-order valence-corrected chi connectivity index (χ3v) is 5.18. The third-order valence-electron chi connectivity index (χ3n) is 5.18. The number of pyridine rings is 1. The van der Waals surface area contributed by atoms with E-state index in [0.717, 1.165) is 31.9 Å². The standard InChI is InChI=1S/C20H26F3N5O/c1-14(13-27-8-4-3-5-9-27)10-25-19(29)17-12-26-28(15(17)2)18-7-6-16(11-24-18)20(21,22)23/h6-7,11-12,14H,3-5,8-10,13H2,1-2H3,(H,25,29). The second-order valence-electron chi connectivity index (χ2n) is 7.63. The van der Waals surface area contributed by atoms with Crippen LogP contribution in [0.3, 0.4) is 0 Å². The highest BCUT2D eigenvalue weighted by Gasteiger charge is 2.30. The van der Waals surface area contributed by atoms with Gasteiger partial charge in [0.2, 0.25) is 0 Å². The molecule has 3 rings (SSSR count). The summed E-state index contributed by atoms with van der Waals surface area (Å²) in [5.41, 5.74) is 0.0852. The van der Waals surface area contributed by atoms with E-state index < -0.39 is 11.7 Å². The quantitative estimate of drug-likeness (QED) is 0.794. The van der Waals surface area contributed by atoms with Crippen LogP contribution < -0.4 is 5.32 Å². The highest BCUT2D eigenvalue weighted by molar-refractivity contribution is 5.95. The molecule has 3 heterocycles. The fraction of sp³-hybridized carbons (Fsp3) is 0.550. The Morgan fingerprint density at radius 3 is 2.55 bits per heavy atom. The van der Waals surface area contributed by atoms with Crippen molar-refractivity contribution in [1.29, 1.82) is 0 Å². The predicted octanol–water partition coefficient (Wildman–Crippen LogP) is 3.45. The maximum absolute atomic E-state index is 12.7. The fourth-order valence-electron chi connectivity index (χ4n) is 3.55. The average Bonchev–Trinajstić information content (AvgIpc) is 3.08. The first-order chi connectivity index (χ1) is 13.8. The molecule has 0 saturated carbocycles. The minimum atomic E-state index is -4.44. The van der Waals surface area contributed by atoms with Crippen LogP contribution in [0.4, 0.5) is 13.2 Å². The van der Waals surface area contributed by atoms with Crippen LogP contribution in [0.15, 0.2) is 24.5 Å². The molecule has 1 aliphatic rings. The summed E-state index contributed by atoms with van der Waals surface area (Å²) in [5.74, 6) is 0.308. The van der Waals surface area contributed by atoms with Crippen LogP contribution in [0.1, 0.15) is 47.8 Å². The lowest BCUT2D eigenvalue weighted by molar-refractivity contribution is -0.137. The lowest BCUT2D eigenvalue weighted by atomic mass is 10.1. The van der Waals surface area contributed by atoms with E-state index in [9.17, 15) is 18.0 Å². The van der Waals surface area contributed by atoms with E-state index in [1.165, 1.54) is 36.2 Å². The minimum Gasteiger partial charge on any atom is -0.352 e. The zero-order chi connectivity index (χ0) is 21.0. The van der Waals surface area contributed by atoms with Crippen molar-refractivity contribution in [2.75, 3.05) is 26.2 Å². The number of carbonyl (C=O) groups is 1. The number of halogens is 3. The summed E-state index contributed by atoms with van der Waals surface area (Å²) in [7, 11) is 0. The van der Waals surface area contributed by atoms with Crippen molar-refractivity contribution in [1.82, 2.24) is 25.0 Å². The monoisotopic (exact) mass is 409 g/mol. The van der Waals surface area contributed by atoms with Gasteiger partial charge in [0.1, 0.15) is 0 Å². The molecule has 0 radical (unpaired) electrons. The summed E-state index contributed by atoms with van der Waals surface area (Å²) in [6.45, 7) is 7.54. The maximum atomic E-state index is 12.7. The number of hydrogen-bond acceptors (Lipinski definition) is 4.